The van der Waals surface area contributed by atoms with Crippen LogP contribution >= 0.6 is 0 Å². The largest absolute Gasteiger partial charge is 0.452 e. The Bertz CT molecular complexity index is 1020. The highest BCUT2D eigenvalue weighted by atomic mass is 28.3. The van der Waals surface area contributed by atoms with Gasteiger partial charge in [0, 0.05) is 35.5 Å². The van der Waals surface area contributed by atoms with E-state index >= 15 is 0 Å². The van der Waals surface area contributed by atoms with Crippen molar-refractivity contribution in [1.82, 2.24) is 9.88 Å². The zero-order valence-corrected chi connectivity index (χ0v) is 22.1. The lowest BCUT2D eigenvalue weighted by Gasteiger charge is -2.37. The number of hydrogen-bond donors (Lipinski definition) is 1. The highest BCUT2D eigenvalue weighted by molar-refractivity contribution is 6.88. The van der Waals surface area contributed by atoms with E-state index in [1.54, 1.807) is 11.9 Å². The van der Waals surface area contributed by atoms with Gasteiger partial charge in [-0.1, -0.05) is 19.6 Å². The fourth-order valence-corrected chi connectivity index (χ4v) is 5.81. The number of carbonyl (C=O) groups excluding carboxylic acids is 2. The topological polar surface area (TPSA) is 84.1 Å². The Balaban J connectivity index is 2.03. The minimum absolute atomic E-state index is 0.135. The van der Waals surface area contributed by atoms with Crippen LogP contribution in [0.15, 0.2) is 18.2 Å². The number of morpholine rings is 1. The number of hydrogen-bond acceptors (Lipinski definition) is 5. The Labute approximate surface area is 197 Å². The van der Waals surface area contributed by atoms with Crippen molar-refractivity contribution in [3.05, 3.63) is 23.8 Å². The number of nitrogens with zero attached hydrogens (tertiary/aromatic N) is 2. The fraction of sp³-hybridized carbons (Fsp3) is 0.583. The first-order valence-corrected chi connectivity index (χ1v) is 14.9. The molecule has 2 heterocycles. The van der Waals surface area contributed by atoms with Gasteiger partial charge < -0.3 is 24.1 Å². The Hall–Kier alpha value is -2.52. The smallest absolute Gasteiger partial charge is 0.413 e. The lowest BCUT2D eigenvalue weighted by atomic mass is 10.0. The van der Waals surface area contributed by atoms with Crippen molar-refractivity contribution in [2.75, 3.05) is 38.8 Å². The lowest BCUT2D eigenvalue weighted by molar-refractivity contribution is -0.0318. The maximum atomic E-state index is 12.9. The van der Waals surface area contributed by atoms with Gasteiger partial charge in [0.25, 0.3) is 0 Å². The molecule has 1 aliphatic rings. The van der Waals surface area contributed by atoms with Gasteiger partial charge in [-0.2, -0.15) is 0 Å². The molecular formula is C24H37N3O5Si. The van der Waals surface area contributed by atoms with Crippen LogP contribution < -0.4 is 10.2 Å². The van der Waals surface area contributed by atoms with Gasteiger partial charge in [-0.25, -0.2) is 9.59 Å². The fourth-order valence-electron chi connectivity index (χ4n) is 4.16. The van der Waals surface area contributed by atoms with Gasteiger partial charge >= 0.3 is 12.2 Å². The van der Waals surface area contributed by atoms with Crippen LogP contribution in [0.4, 0.5) is 15.3 Å². The number of methoxy groups -OCH3 is 1. The molecular weight excluding hydrogens is 438 g/mol. The monoisotopic (exact) mass is 475 g/mol. The van der Waals surface area contributed by atoms with E-state index in [0.29, 0.717) is 26.2 Å². The van der Waals surface area contributed by atoms with Crippen molar-refractivity contribution in [3.8, 4) is 0 Å². The second-order valence-corrected chi connectivity index (χ2v) is 15.6. The van der Waals surface area contributed by atoms with Gasteiger partial charge in [0.05, 0.1) is 34.4 Å². The molecule has 0 unspecified atom stereocenters. The summed E-state index contributed by atoms with van der Waals surface area (Å²) in [4.78, 5) is 31.9. The first-order chi connectivity index (χ1) is 15.3. The van der Waals surface area contributed by atoms with Crippen LogP contribution in [0, 0.1) is 0 Å². The number of amides is 2. The summed E-state index contributed by atoms with van der Waals surface area (Å²) in [5, 5.41) is 2.29. The van der Waals surface area contributed by atoms with Gasteiger partial charge in [-0.05, 0) is 51.0 Å². The predicted molar refractivity (Wildman–Crippen MR) is 133 cm³/mol. The SMILES string of the molecule is COC(=O)N(C)c1ccc2[nH]c([Si](C)(C)C)c(C[C@H]3COCCN3C(=O)OC(C)(C)C)c2c1. The first kappa shape index (κ1) is 25.1. The molecule has 0 aliphatic carbocycles. The number of rotatable bonds is 4. The van der Waals surface area contributed by atoms with Crippen LogP contribution in [-0.2, 0) is 20.6 Å². The summed E-state index contributed by atoms with van der Waals surface area (Å²) < 4.78 is 16.3. The van der Waals surface area contributed by atoms with E-state index in [-0.39, 0.29) is 12.1 Å². The summed E-state index contributed by atoms with van der Waals surface area (Å²) in [6.45, 7) is 14.0. The van der Waals surface area contributed by atoms with E-state index in [1.807, 2.05) is 39.0 Å². The standard InChI is InChI=1S/C24H37N3O5Si/c1-24(2,3)32-23(29)27-11-12-31-15-17(27)14-19-18-13-16(26(4)22(28)30-5)9-10-20(18)25-21(19)33(6,7)8/h9-10,13,17,25H,11-12,14-15H2,1-8H3/t17-/m0/s1. The molecule has 1 N–H and O–H groups in total. The summed E-state index contributed by atoms with van der Waals surface area (Å²) >= 11 is 0. The summed E-state index contributed by atoms with van der Waals surface area (Å²) in [6, 6.07) is 5.79. The maximum Gasteiger partial charge on any atom is 0.413 e. The normalized spacial score (nSPS) is 17.2. The van der Waals surface area contributed by atoms with Crippen molar-refractivity contribution >= 4 is 42.2 Å². The van der Waals surface area contributed by atoms with Gasteiger partial charge in [0.15, 0.2) is 0 Å². The molecule has 182 valence electrons. The molecule has 1 atom stereocenters. The van der Waals surface area contributed by atoms with E-state index in [4.69, 9.17) is 14.2 Å². The van der Waals surface area contributed by atoms with E-state index in [9.17, 15) is 9.59 Å². The molecule has 8 nitrogen and oxygen atoms in total. The molecule has 2 amide bonds. The van der Waals surface area contributed by atoms with Crippen LogP contribution in [0.5, 0.6) is 0 Å². The zero-order chi connectivity index (χ0) is 24.6. The molecule has 9 heteroatoms. The van der Waals surface area contributed by atoms with Crippen LogP contribution in [0.25, 0.3) is 10.9 Å². The molecule has 2 aromatic rings. The van der Waals surface area contributed by atoms with Gasteiger partial charge in [0.2, 0.25) is 0 Å². The molecule has 1 fully saturated rings. The number of nitrogens with one attached hydrogen (secondary N) is 1. The Morgan fingerprint density at radius 1 is 1.27 bits per heavy atom. The Morgan fingerprint density at radius 3 is 2.58 bits per heavy atom. The van der Waals surface area contributed by atoms with Crippen LogP contribution in [-0.4, -0.2) is 75.7 Å². The number of aromatic nitrogens is 1. The molecule has 0 bridgehead atoms. The molecule has 1 aliphatic heterocycles. The quantitative estimate of drug-likeness (QED) is 0.673. The number of H-pyrrole nitrogens is 1. The number of anilines is 1. The third kappa shape index (κ3) is 5.70. The van der Waals surface area contributed by atoms with Crippen molar-refractivity contribution < 1.29 is 23.8 Å². The molecule has 33 heavy (non-hydrogen) atoms. The molecule has 0 spiro atoms. The number of aromatic amines is 1. The second-order valence-electron chi connectivity index (χ2n) is 10.6. The van der Waals surface area contributed by atoms with E-state index in [0.717, 1.165) is 16.6 Å². The van der Waals surface area contributed by atoms with Crippen molar-refractivity contribution in [2.45, 2.75) is 58.5 Å². The molecule has 1 aromatic heterocycles. The van der Waals surface area contributed by atoms with E-state index in [1.165, 1.54) is 22.9 Å². The molecule has 1 saturated heterocycles. The van der Waals surface area contributed by atoms with Crippen molar-refractivity contribution in [3.63, 3.8) is 0 Å². The van der Waals surface area contributed by atoms with Gasteiger partial charge in [0.1, 0.15) is 5.60 Å². The second kappa shape index (κ2) is 9.38. The minimum Gasteiger partial charge on any atom is -0.452 e. The number of fused-ring (bicyclic) bond motifs is 1. The van der Waals surface area contributed by atoms with Gasteiger partial charge in [-0.15, -0.1) is 0 Å². The predicted octanol–water partition coefficient (Wildman–Crippen LogP) is 4.09. The van der Waals surface area contributed by atoms with E-state index in [2.05, 4.69) is 24.6 Å². The van der Waals surface area contributed by atoms with Crippen LogP contribution in [0.1, 0.15) is 26.3 Å². The van der Waals surface area contributed by atoms with Crippen molar-refractivity contribution in [2.24, 2.45) is 0 Å². The average molecular weight is 476 g/mol. The molecule has 1 aromatic carbocycles. The number of ether oxygens (including phenoxy) is 3. The molecule has 3 rings (SSSR count). The van der Waals surface area contributed by atoms with Crippen molar-refractivity contribution in [1.29, 1.82) is 0 Å². The van der Waals surface area contributed by atoms with E-state index < -0.39 is 19.8 Å². The molecule has 0 saturated carbocycles. The zero-order valence-electron chi connectivity index (χ0n) is 21.1. The Kier molecular flexibility index (Phi) is 7.14. The highest BCUT2D eigenvalue weighted by Crippen LogP contribution is 2.28. The summed E-state index contributed by atoms with van der Waals surface area (Å²) in [6.07, 6.45) is -0.0884. The third-order valence-corrected chi connectivity index (χ3v) is 7.70. The lowest BCUT2D eigenvalue weighted by Crippen LogP contribution is -2.52. The average Bonchev–Trinajstić information content (AvgIpc) is 3.10. The Morgan fingerprint density at radius 2 is 1.97 bits per heavy atom. The minimum atomic E-state index is -1.74. The summed E-state index contributed by atoms with van der Waals surface area (Å²) in [5.74, 6) is 0. The highest BCUT2D eigenvalue weighted by Gasteiger charge is 2.34. The van der Waals surface area contributed by atoms with Crippen LogP contribution in [0.3, 0.4) is 0 Å². The third-order valence-electron chi connectivity index (χ3n) is 5.77. The van der Waals surface area contributed by atoms with Crippen LogP contribution in [0.2, 0.25) is 19.6 Å². The number of carbonyl (C=O) groups is 2. The molecule has 0 radical (unpaired) electrons. The van der Waals surface area contributed by atoms with Gasteiger partial charge in [-0.3, -0.25) is 4.90 Å². The first-order valence-electron chi connectivity index (χ1n) is 11.4. The summed E-state index contributed by atoms with van der Waals surface area (Å²) in [7, 11) is 1.32. The maximum absolute atomic E-state index is 12.9. The number of benzene rings is 1. The summed E-state index contributed by atoms with van der Waals surface area (Å²) in [5.41, 5.74) is 2.39.